The predicted octanol–water partition coefficient (Wildman–Crippen LogP) is 13.5. The molecule has 9 aromatic rings. The van der Waals surface area contributed by atoms with Gasteiger partial charge in [-0.2, -0.15) is 0 Å². The maximum atomic E-state index is 2.33. The number of hydrogen-bond donors (Lipinski definition) is 0. The molecule has 0 amide bonds. The number of hydrogen-bond acceptors (Lipinski definition) is 0. The standard InChI is InChI=1S/C48H32/c1-3-15-33(16-4-1)34-27-29-36(30-28-34)37-19-7-10-22-41(37)47-42-23-11-13-25-44(42)48(45-26-14-12-24-43(45)47)46-32-31-38(35-17-5-2-6-18-35)39-20-8-9-21-40(39)46/h1-32H. The smallest absolute Gasteiger partial charge is 0.00201 e. The van der Waals surface area contributed by atoms with Crippen molar-refractivity contribution >= 4 is 32.3 Å². The van der Waals surface area contributed by atoms with Crippen LogP contribution in [0.2, 0.25) is 0 Å². The summed E-state index contributed by atoms with van der Waals surface area (Å²) in [6, 6.07) is 70.6. The summed E-state index contributed by atoms with van der Waals surface area (Å²) in [5.41, 5.74) is 12.5. The summed E-state index contributed by atoms with van der Waals surface area (Å²) in [5.74, 6) is 0. The molecule has 0 aliphatic rings. The van der Waals surface area contributed by atoms with Gasteiger partial charge in [0.05, 0.1) is 0 Å². The van der Waals surface area contributed by atoms with Crippen LogP contribution in [0.5, 0.6) is 0 Å². The second-order valence-corrected chi connectivity index (χ2v) is 12.4. The van der Waals surface area contributed by atoms with Gasteiger partial charge in [0.15, 0.2) is 0 Å². The zero-order valence-corrected chi connectivity index (χ0v) is 26.5. The summed E-state index contributed by atoms with van der Waals surface area (Å²) >= 11 is 0. The largest absolute Gasteiger partial charge is 0.0622 e. The summed E-state index contributed by atoms with van der Waals surface area (Å²) in [7, 11) is 0. The zero-order valence-electron chi connectivity index (χ0n) is 26.5. The van der Waals surface area contributed by atoms with E-state index in [0.29, 0.717) is 0 Å². The third kappa shape index (κ3) is 4.70. The van der Waals surface area contributed by atoms with Crippen molar-refractivity contribution in [2.45, 2.75) is 0 Å². The maximum Gasteiger partial charge on any atom is -0.00201 e. The molecule has 0 aliphatic heterocycles. The lowest BCUT2D eigenvalue weighted by Gasteiger charge is -2.21. The molecule has 0 aliphatic carbocycles. The van der Waals surface area contributed by atoms with Crippen LogP contribution in [0.1, 0.15) is 0 Å². The molecule has 0 N–H and O–H groups in total. The highest BCUT2D eigenvalue weighted by atomic mass is 14.2. The number of benzene rings is 9. The Labute approximate surface area is 281 Å². The summed E-state index contributed by atoms with van der Waals surface area (Å²) < 4.78 is 0. The molecule has 0 nitrogen and oxygen atoms in total. The normalized spacial score (nSPS) is 11.3. The molecule has 0 spiro atoms. The Morgan fingerprint density at radius 2 is 0.500 bits per heavy atom. The Bertz CT molecular complexity index is 2520. The van der Waals surface area contributed by atoms with E-state index in [-0.39, 0.29) is 0 Å². The summed E-state index contributed by atoms with van der Waals surface area (Å²) in [5, 5.41) is 7.58. The van der Waals surface area contributed by atoms with Crippen LogP contribution in [0, 0.1) is 0 Å². The maximum absolute atomic E-state index is 2.33. The minimum atomic E-state index is 1.21. The van der Waals surface area contributed by atoms with Crippen molar-refractivity contribution in [2.75, 3.05) is 0 Å². The van der Waals surface area contributed by atoms with Crippen molar-refractivity contribution in [3.63, 3.8) is 0 Å². The van der Waals surface area contributed by atoms with Gasteiger partial charge in [0, 0.05) is 0 Å². The molecule has 224 valence electrons. The molecule has 9 aromatic carbocycles. The molecule has 0 atom stereocenters. The van der Waals surface area contributed by atoms with Crippen LogP contribution in [-0.4, -0.2) is 0 Å². The second kappa shape index (κ2) is 11.8. The average Bonchev–Trinajstić information content (AvgIpc) is 3.17. The van der Waals surface area contributed by atoms with E-state index >= 15 is 0 Å². The van der Waals surface area contributed by atoms with Gasteiger partial charge in [-0.15, -0.1) is 0 Å². The van der Waals surface area contributed by atoms with Crippen LogP contribution in [-0.2, 0) is 0 Å². The summed E-state index contributed by atoms with van der Waals surface area (Å²) in [6.45, 7) is 0. The van der Waals surface area contributed by atoms with Crippen molar-refractivity contribution in [3.05, 3.63) is 194 Å². The summed E-state index contributed by atoms with van der Waals surface area (Å²) in [6.07, 6.45) is 0. The van der Waals surface area contributed by atoms with Crippen LogP contribution in [0.15, 0.2) is 194 Å². The molecule has 0 saturated heterocycles. The molecule has 0 aromatic heterocycles. The van der Waals surface area contributed by atoms with Crippen LogP contribution < -0.4 is 0 Å². The fraction of sp³-hybridized carbons (Fsp3) is 0. The summed E-state index contributed by atoms with van der Waals surface area (Å²) in [4.78, 5) is 0. The minimum Gasteiger partial charge on any atom is -0.0622 e. The van der Waals surface area contributed by atoms with Crippen LogP contribution in [0.4, 0.5) is 0 Å². The van der Waals surface area contributed by atoms with Gasteiger partial charge < -0.3 is 0 Å². The first-order valence-corrected chi connectivity index (χ1v) is 16.6. The van der Waals surface area contributed by atoms with Crippen molar-refractivity contribution in [1.29, 1.82) is 0 Å². The van der Waals surface area contributed by atoms with Gasteiger partial charge in [-0.1, -0.05) is 194 Å². The number of fused-ring (bicyclic) bond motifs is 3. The first-order chi connectivity index (χ1) is 23.8. The Morgan fingerprint density at radius 3 is 1.06 bits per heavy atom. The molecular weight excluding hydrogens is 577 g/mol. The van der Waals surface area contributed by atoms with Gasteiger partial charge in [0.25, 0.3) is 0 Å². The van der Waals surface area contributed by atoms with E-state index in [1.165, 1.54) is 88.0 Å². The van der Waals surface area contributed by atoms with E-state index in [2.05, 4.69) is 194 Å². The molecule has 0 radical (unpaired) electrons. The molecule has 0 bridgehead atoms. The highest BCUT2D eigenvalue weighted by Crippen LogP contribution is 2.48. The average molecular weight is 609 g/mol. The van der Waals surface area contributed by atoms with E-state index in [1.807, 2.05) is 0 Å². The van der Waals surface area contributed by atoms with E-state index in [0.717, 1.165) is 0 Å². The third-order valence-electron chi connectivity index (χ3n) is 9.71. The highest BCUT2D eigenvalue weighted by Gasteiger charge is 2.20. The first kappa shape index (κ1) is 28.0. The molecule has 0 saturated carbocycles. The molecular formula is C48H32. The van der Waals surface area contributed by atoms with E-state index < -0.39 is 0 Å². The predicted molar refractivity (Wildman–Crippen MR) is 206 cm³/mol. The monoisotopic (exact) mass is 608 g/mol. The van der Waals surface area contributed by atoms with Crippen molar-refractivity contribution in [1.82, 2.24) is 0 Å². The fourth-order valence-corrected chi connectivity index (χ4v) is 7.52. The highest BCUT2D eigenvalue weighted by molar-refractivity contribution is 6.24. The van der Waals surface area contributed by atoms with Gasteiger partial charge in [-0.05, 0) is 88.0 Å². The molecule has 0 fully saturated rings. The lowest BCUT2D eigenvalue weighted by Crippen LogP contribution is -1.93. The van der Waals surface area contributed by atoms with Crippen molar-refractivity contribution in [2.24, 2.45) is 0 Å². The SMILES string of the molecule is c1ccc(-c2ccc(-c3ccccc3-c3c4ccccc4c(-c4ccc(-c5ccccc5)c5ccccc45)c4ccccc34)cc2)cc1. The Hall–Kier alpha value is -6.24. The fourth-order valence-electron chi connectivity index (χ4n) is 7.52. The van der Waals surface area contributed by atoms with E-state index in [9.17, 15) is 0 Å². The van der Waals surface area contributed by atoms with Crippen LogP contribution >= 0.6 is 0 Å². The lowest BCUT2D eigenvalue weighted by molar-refractivity contribution is 1.58. The topological polar surface area (TPSA) is 0 Å². The quantitative estimate of drug-likeness (QED) is 0.171. The van der Waals surface area contributed by atoms with Crippen LogP contribution in [0.3, 0.4) is 0 Å². The Kier molecular flexibility index (Phi) is 6.91. The van der Waals surface area contributed by atoms with Gasteiger partial charge in [-0.25, -0.2) is 0 Å². The van der Waals surface area contributed by atoms with E-state index in [1.54, 1.807) is 0 Å². The second-order valence-electron chi connectivity index (χ2n) is 12.4. The molecule has 48 heavy (non-hydrogen) atoms. The zero-order chi connectivity index (χ0) is 31.9. The molecule has 0 heteroatoms. The van der Waals surface area contributed by atoms with Crippen molar-refractivity contribution < 1.29 is 0 Å². The lowest BCUT2D eigenvalue weighted by atomic mass is 9.82. The third-order valence-corrected chi connectivity index (χ3v) is 9.71. The number of rotatable bonds is 5. The van der Waals surface area contributed by atoms with E-state index in [4.69, 9.17) is 0 Å². The molecule has 0 heterocycles. The Balaban J connectivity index is 1.29. The van der Waals surface area contributed by atoms with Crippen LogP contribution in [0.25, 0.3) is 88.0 Å². The van der Waals surface area contributed by atoms with Gasteiger partial charge in [-0.3, -0.25) is 0 Å². The first-order valence-electron chi connectivity index (χ1n) is 16.6. The Morgan fingerprint density at radius 1 is 0.167 bits per heavy atom. The minimum absolute atomic E-state index is 1.21. The van der Waals surface area contributed by atoms with Gasteiger partial charge >= 0.3 is 0 Å². The molecule has 9 rings (SSSR count). The van der Waals surface area contributed by atoms with Gasteiger partial charge in [0.1, 0.15) is 0 Å². The molecule has 0 unspecified atom stereocenters. The van der Waals surface area contributed by atoms with Crippen molar-refractivity contribution in [3.8, 4) is 55.6 Å². The van der Waals surface area contributed by atoms with Gasteiger partial charge in [0.2, 0.25) is 0 Å².